The lowest BCUT2D eigenvalue weighted by Crippen LogP contribution is -2.30. The summed E-state index contributed by atoms with van der Waals surface area (Å²) in [6.45, 7) is 0.930. The van der Waals surface area contributed by atoms with Crippen molar-refractivity contribution in [2.24, 2.45) is 5.92 Å². The molecule has 2 aromatic carbocycles. The lowest BCUT2D eigenvalue weighted by atomic mass is 10.1. The molecule has 0 aromatic heterocycles. The maximum absolute atomic E-state index is 12.7. The van der Waals surface area contributed by atoms with E-state index in [9.17, 15) is 9.59 Å². The number of methoxy groups -OCH3 is 4. The standard InChI is InChI=1S/C23H28N2O6/c1-28-18-7-5-15(11-20(18)30-3)9-10-25-14-16(12-22(25)26)23(27)24-17-6-8-19(29-2)21(13-17)31-4/h5-8,11,13,16H,9-10,12,14H2,1-4H3,(H,24,27)/t16-/m1/s1. The van der Waals surface area contributed by atoms with Crippen LogP contribution >= 0.6 is 0 Å². The highest BCUT2D eigenvalue weighted by molar-refractivity contribution is 5.97. The Hall–Kier alpha value is -3.42. The first-order valence-corrected chi connectivity index (χ1v) is 10.0. The molecular formula is C23H28N2O6. The van der Waals surface area contributed by atoms with Gasteiger partial charge >= 0.3 is 0 Å². The topological polar surface area (TPSA) is 86.3 Å². The van der Waals surface area contributed by atoms with E-state index < -0.39 is 5.92 Å². The Labute approximate surface area is 182 Å². The third-order valence-electron chi connectivity index (χ3n) is 5.35. The van der Waals surface area contributed by atoms with Gasteiger partial charge in [-0.1, -0.05) is 6.07 Å². The second kappa shape index (κ2) is 10.1. The Kier molecular flexibility index (Phi) is 7.23. The predicted octanol–water partition coefficient (Wildman–Crippen LogP) is 2.75. The first-order chi connectivity index (χ1) is 15.0. The van der Waals surface area contributed by atoms with Crippen molar-refractivity contribution in [3.05, 3.63) is 42.0 Å². The van der Waals surface area contributed by atoms with Crippen molar-refractivity contribution >= 4 is 17.5 Å². The summed E-state index contributed by atoms with van der Waals surface area (Å²) in [7, 11) is 6.27. The number of nitrogens with one attached hydrogen (secondary N) is 1. The molecule has 0 bridgehead atoms. The summed E-state index contributed by atoms with van der Waals surface area (Å²) in [6.07, 6.45) is 0.862. The fraction of sp³-hybridized carbons (Fsp3) is 0.391. The Morgan fingerprint density at radius 1 is 0.935 bits per heavy atom. The number of hydrogen-bond acceptors (Lipinski definition) is 6. The minimum Gasteiger partial charge on any atom is -0.493 e. The number of ether oxygens (including phenoxy) is 4. The first-order valence-electron chi connectivity index (χ1n) is 10.0. The molecule has 2 aromatic rings. The van der Waals surface area contributed by atoms with Crippen molar-refractivity contribution in [1.82, 2.24) is 4.90 Å². The van der Waals surface area contributed by atoms with Crippen LogP contribution in [0.3, 0.4) is 0 Å². The zero-order valence-electron chi connectivity index (χ0n) is 18.3. The summed E-state index contributed by atoms with van der Waals surface area (Å²) in [5, 5.41) is 2.87. The van der Waals surface area contributed by atoms with E-state index in [1.54, 1.807) is 44.4 Å². The van der Waals surface area contributed by atoms with Crippen LogP contribution < -0.4 is 24.3 Å². The zero-order valence-corrected chi connectivity index (χ0v) is 18.3. The van der Waals surface area contributed by atoms with Crippen LogP contribution in [0.1, 0.15) is 12.0 Å². The van der Waals surface area contributed by atoms with Crippen molar-refractivity contribution in [3.8, 4) is 23.0 Å². The molecule has 1 N–H and O–H groups in total. The maximum atomic E-state index is 12.7. The number of anilines is 1. The lowest BCUT2D eigenvalue weighted by molar-refractivity contribution is -0.128. The van der Waals surface area contributed by atoms with Gasteiger partial charge in [0, 0.05) is 31.3 Å². The Morgan fingerprint density at radius 2 is 1.55 bits per heavy atom. The third kappa shape index (κ3) is 5.20. The summed E-state index contributed by atoms with van der Waals surface area (Å²) in [5.74, 6) is 1.82. The average Bonchev–Trinajstić information content (AvgIpc) is 3.17. The number of nitrogens with zero attached hydrogens (tertiary/aromatic N) is 1. The van der Waals surface area contributed by atoms with Crippen LogP contribution in [0.2, 0.25) is 0 Å². The molecule has 1 aliphatic heterocycles. The van der Waals surface area contributed by atoms with Gasteiger partial charge in [0.2, 0.25) is 11.8 Å². The van der Waals surface area contributed by atoms with E-state index in [1.807, 2.05) is 18.2 Å². The molecule has 8 nitrogen and oxygen atoms in total. The molecular weight excluding hydrogens is 400 g/mol. The number of likely N-dealkylation sites (tertiary alicyclic amines) is 1. The summed E-state index contributed by atoms with van der Waals surface area (Å²) in [6, 6.07) is 10.9. The summed E-state index contributed by atoms with van der Waals surface area (Å²) >= 11 is 0. The van der Waals surface area contributed by atoms with E-state index in [0.29, 0.717) is 48.2 Å². The molecule has 1 saturated heterocycles. The molecule has 1 aliphatic rings. The average molecular weight is 428 g/mol. The van der Waals surface area contributed by atoms with Crippen LogP contribution in [0.15, 0.2) is 36.4 Å². The lowest BCUT2D eigenvalue weighted by Gasteiger charge is -2.17. The predicted molar refractivity (Wildman–Crippen MR) is 116 cm³/mol. The van der Waals surface area contributed by atoms with Crippen molar-refractivity contribution in [2.45, 2.75) is 12.8 Å². The number of hydrogen-bond donors (Lipinski definition) is 1. The zero-order chi connectivity index (χ0) is 22.4. The normalized spacial score (nSPS) is 15.5. The van der Waals surface area contributed by atoms with E-state index in [-0.39, 0.29) is 18.2 Å². The van der Waals surface area contributed by atoms with Gasteiger partial charge in [-0.25, -0.2) is 0 Å². The van der Waals surface area contributed by atoms with Crippen LogP contribution in [0.25, 0.3) is 0 Å². The highest BCUT2D eigenvalue weighted by atomic mass is 16.5. The van der Waals surface area contributed by atoms with Crippen LogP contribution in [0.4, 0.5) is 5.69 Å². The monoisotopic (exact) mass is 428 g/mol. The fourth-order valence-corrected chi connectivity index (χ4v) is 3.62. The Bertz CT molecular complexity index is 946. The second-order valence-electron chi connectivity index (χ2n) is 7.24. The molecule has 8 heteroatoms. The highest BCUT2D eigenvalue weighted by Crippen LogP contribution is 2.31. The molecule has 1 heterocycles. The SMILES string of the molecule is COc1ccc(CCN2C[C@H](C(=O)Nc3ccc(OC)c(OC)c3)CC2=O)cc1OC. The van der Waals surface area contributed by atoms with E-state index >= 15 is 0 Å². The largest absolute Gasteiger partial charge is 0.493 e. The van der Waals surface area contributed by atoms with Crippen LogP contribution in [-0.2, 0) is 16.0 Å². The third-order valence-corrected chi connectivity index (χ3v) is 5.35. The van der Waals surface area contributed by atoms with Gasteiger partial charge in [-0.05, 0) is 36.2 Å². The number of carbonyl (C=O) groups excluding carboxylic acids is 2. The molecule has 0 saturated carbocycles. The Morgan fingerprint density at radius 3 is 2.19 bits per heavy atom. The molecule has 0 spiro atoms. The van der Waals surface area contributed by atoms with Gasteiger partial charge in [-0.2, -0.15) is 0 Å². The van der Waals surface area contributed by atoms with E-state index in [0.717, 1.165) is 5.56 Å². The highest BCUT2D eigenvalue weighted by Gasteiger charge is 2.34. The van der Waals surface area contributed by atoms with Crippen molar-refractivity contribution in [1.29, 1.82) is 0 Å². The number of rotatable bonds is 9. The summed E-state index contributed by atoms with van der Waals surface area (Å²) in [4.78, 5) is 26.9. The van der Waals surface area contributed by atoms with Gasteiger partial charge < -0.3 is 29.2 Å². The van der Waals surface area contributed by atoms with Crippen molar-refractivity contribution in [2.75, 3.05) is 46.8 Å². The second-order valence-corrected chi connectivity index (χ2v) is 7.24. The van der Waals surface area contributed by atoms with Gasteiger partial charge in [0.05, 0.1) is 34.4 Å². The van der Waals surface area contributed by atoms with E-state index in [1.165, 1.54) is 7.11 Å². The van der Waals surface area contributed by atoms with Gasteiger partial charge in [0.15, 0.2) is 23.0 Å². The molecule has 166 valence electrons. The molecule has 1 fully saturated rings. The molecule has 0 aliphatic carbocycles. The summed E-state index contributed by atoms with van der Waals surface area (Å²) in [5.41, 5.74) is 1.63. The van der Waals surface area contributed by atoms with Gasteiger partial charge in [0.1, 0.15) is 0 Å². The first kappa shape index (κ1) is 22.3. The molecule has 31 heavy (non-hydrogen) atoms. The van der Waals surface area contributed by atoms with Gasteiger partial charge in [-0.15, -0.1) is 0 Å². The maximum Gasteiger partial charge on any atom is 0.229 e. The van der Waals surface area contributed by atoms with Gasteiger partial charge in [-0.3, -0.25) is 9.59 Å². The van der Waals surface area contributed by atoms with Crippen LogP contribution in [-0.4, -0.2) is 58.2 Å². The molecule has 1 atom stereocenters. The van der Waals surface area contributed by atoms with Crippen molar-refractivity contribution in [3.63, 3.8) is 0 Å². The molecule has 2 amide bonds. The quantitative estimate of drug-likeness (QED) is 0.661. The van der Waals surface area contributed by atoms with E-state index in [2.05, 4.69) is 5.32 Å². The fourth-order valence-electron chi connectivity index (χ4n) is 3.62. The number of amides is 2. The minimum atomic E-state index is -0.397. The molecule has 0 radical (unpaired) electrons. The minimum absolute atomic E-state index is 0.0204. The van der Waals surface area contributed by atoms with Crippen molar-refractivity contribution < 1.29 is 28.5 Å². The smallest absolute Gasteiger partial charge is 0.229 e. The van der Waals surface area contributed by atoms with Gasteiger partial charge in [0.25, 0.3) is 0 Å². The molecule has 0 unspecified atom stereocenters. The van der Waals surface area contributed by atoms with Crippen LogP contribution in [0, 0.1) is 5.92 Å². The number of carbonyl (C=O) groups is 2. The van der Waals surface area contributed by atoms with E-state index in [4.69, 9.17) is 18.9 Å². The summed E-state index contributed by atoms with van der Waals surface area (Å²) < 4.78 is 21.1. The molecule has 3 rings (SSSR count). The van der Waals surface area contributed by atoms with Crippen LogP contribution in [0.5, 0.6) is 23.0 Å². The number of benzene rings is 2. The Balaban J connectivity index is 1.58.